The summed E-state index contributed by atoms with van der Waals surface area (Å²) in [6.45, 7) is 4.60. The number of halogens is 2. The summed E-state index contributed by atoms with van der Waals surface area (Å²) < 4.78 is 13.8. The van der Waals surface area contributed by atoms with E-state index in [-0.39, 0.29) is 28.9 Å². The van der Waals surface area contributed by atoms with E-state index < -0.39 is 11.7 Å². The maximum atomic E-state index is 13.8. The van der Waals surface area contributed by atoms with E-state index in [2.05, 4.69) is 80.7 Å². The summed E-state index contributed by atoms with van der Waals surface area (Å²) in [5, 5.41) is 3.58. The average molecular weight is 629 g/mol. The van der Waals surface area contributed by atoms with E-state index in [0.29, 0.717) is 6.42 Å². The van der Waals surface area contributed by atoms with Crippen LogP contribution in [0.3, 0.4) is 0 Å². The van der Waals surface area contributed by atoms with Gasteiger partial charge in [0.1, 0.15) is 11.6 Å². The van der Waals surface area contributed by atoms with E-state index in [9.17, 15) is 9.18 Å². The third-order valence-corrected chi connectivity index (χ3v) is 8.01. The van der Waals surface area contributed by atoms with Crippen molar-refractivity contribution in [1.29, 1.82) is 0 Å². The molecule has 0 bridgehead atoms. The fourth-order valence-corrected chi connectivity index (χ4v) is 5.26. The second-order valence-corrected chi connectivity index (χ2v) is 11.8. The Balaban J connectivity index is 0.00000169. The lowest BCUT2D eigenvalue weighted by atomic mass is 9.84. The first-order valence-electron chi connectivity index (χ1n) is 14.6. The Kier molecular flexibility index (Phi) is 14.3. The number of rotatable bonds is 11. The van der Waals surface area contributed by atoms with Gasteiger partial charge < -0.3 is 11.1 Å². The van der Waals surface area contributed by atoms with Gasteiger partial charge in [-0.2, -0.15) is 0 Å². The normalized spacial score (nSPS) is 11.9. The minimum atomic E-state index is -0.483. The number of carbonyl (C=O) groups is 2. The summed E-state index contributed by atoms with van der Waals surface area (Å²) in [6, 6.07) is 31.6. The molecule has 3 N–H and O–H groups in total. The van der Waals surface area contributed by atoms with Crippen LogP contribution in [0.1, 0.15) is 65.3 Å². The number of hydrogen-bond acceptors (Lipinski definition) is 3. The molecule has 3 unspecified atom stereocenters. The molecule has 0 aromatic heterocycles. The van der Waals surface area contributed by atoms with Gasteiger partial charge in [-0.05, 0) is 64.9 Å². The van der Waals surface area contributed by atoms with Gasteiger partial charge in [-0.25, -0.2) is 4.39 Å². The Morgan fingerprint density at radius 3 is 2.25 bits per heavy atom. The topological polar surface area (TPSA) is 72.2 Å². The maximum absolute atomic E-state index is 13.8. The molecule has 0 aliphatic carbocycles. The molecule has 44 heavy (non-hydrogen) atoms. The van der Waals surface area contributed by atoms with E-state index in [1.54, 1.807) is 12.1 Å². The average Bonchev–Trinajstić information content (AvgIpc) is 3.03. The Labute approximate surface area is 267 Å². The molecular weight excluding hydrogens is 590 g/mol. The van der Waals surface area contributed by atoms with Gasteiger partial charge in [-0.1, -0.05) is 110 Å². The molecule has 7 heteroatoms. The Morgan fingerprint density at radius 1 is 0.932 bits per heavy atom. The smallest absolute Gasteiger partial charge is 0.204 e. The minimum absolute atomic E-state index is 0.0337. The zero-order valence-corrected chi connectivity index (χ0v) is 27.0. The third-order valence-electron chi connectivity index (χ3n) is 7.10. The van der Waals surface area contributed by atoms with Crippen molar-refractivity contribution < 1.29 is 14.0 Å². The Hall–Kier alpha value is -3.81. The number of nitrogens with two attached hydrogens (primary N) is 1. The minimum Gasteiger partial charge on any atom is -0.372 e. The Bertz CT molecular complexity index is 1570. The van der Waals surface area contributed by atoms with Crippen molar-refractivity contribution in [2.45, 2.75) is 51.4 Å². The number of primary amides is 1. The van der Waals surface area contributed by atoms with Crippen LogP contribution < -0.4 is 11.1 Å². The molecule has 4 aromatic carbocycles. The molecule has 4 aromatic rings. The van der Waals surface area contributed by atoms with Crippen molar-refractivity contribution in [2.24, 2.45) is 11.7 Å². The van der Waals surface area contributed by atoms with Crippen molar-refractivity contribution >= 4 is 33.0 Å². The Morgan fingerprint density at radius 2 is 1.59 bits per heavy atom. The lowest BCUT2D eigenvalue weighted by Crippen LogP contribution is -2.20. The molecule has 0 heterocycles. The van der Waals surface area contributed by atoms with Crippen LogP contribution in [0.4, 0.5) is 4.39 Å². The van der Waals surface area contributed by atoms with Crippen molar-refractivity contribution in [1.82, 2.24) is 5.32 Å². The molecule has 0 fully saturated rings. The molecule has 3 atom stereocenters. The van der Waals surface area contributed by atoms with Gasteiger partial charge in [-0.3, -0.25) is 9.59 Å². The molecule has 0 saturated heterocycles. The molecule has 0 aliphatic heterocycles. The van der Waals surface area contributed by atoms with E-state index in [1.165, 1.54) is 22.8 Å². The second kappa shape index (κ2) is 18.1. The summed E-state index contributed by atoms with van der Waals surface area (Å²) in [4.78, 5) is 21.6. The number of amides is 1. The first kappa shape index (κ1) is 34.7. The van der Waals surface area contributed by atoms with E-state index >= 15 is 0 Å². The van der Waals surface area contributed by atoms with Gasteiger partial charge in [0.25, 0.3) is 0 Å². The predicted molar refractivity (Wildman–Crippen MR) is 182 cm³/mol. The highest BCUT2D eigenvalue weighted by Crippen LogP contribution is 2.29. The lowest BCUT2D eigenvalue weighted by molar-refractivity contribution is -0.123. The van der Waals surface area contributed by atoms with E-state index in [0.717, 1.165) is 36.1 Å². The van der Waals surface area contributed by atoms with Crippen LogP contribution in [0.2, 0.25) is 5.02 Å². The van der Waals surface area contributed by atoms with Crippen LogP contribution in [0.25, 0.3) is 0 Å². The molecular formula is C37H39ClFN2O2P. The van der Waals surface area contributed by atoms with Gasteiger partial charge in [0, 0.05) is 36.1 Å². The number of nitrogens with one attached hydrogen (secondary N) is 1. The number of aryl methyl sites for hydroxylation is 1. The van der Waals surface area contributed by atoms with Crippen LogP contribution >= 0.6 is 20.8 Å². The SMILES string of the molecule is CC(C)C(=O)C(Cc1cccc(C#CCCc2ccc(C(P)NCc3ccccc3)cc2)c1)c1ccc(F)c(Cl)c1.NC=O. The van der Waals surface area contributed by atoms with Crippen molar-refractivity contribution in [3.8, 4) is 11.8 Å². The molecule has 228 valence electrons. The highest BCUT2D eigenvalue weighted by Gasteiger charge is 2.24. The summed E-state index contributed by atoms with van der Waals surface area (Å²) in [5.41, 5.74) is 10.6. The van der Waals surface area contributed by atoms with Gasteiger partial charge >= 0.3 is 0 Å². The molecule has 1 amide bonds. The van der Waals surface area contributed by atoms with E-state index in [1.807, 2.05) is 44.2 Å². The number of carbonyl (C=O) groups excluding carboxylic acids is 2. The van der Waals surface area contributed by atoms with Gasteiger partial charge in [-0.15, -0.1) is 9.24 Å². The lowest BCUT2D eigenvalue weighted by Gasteiger charge is -2.19. The predicted octanol–water partition coefficient (Wildman–Crippen LogP) is 7.78. The molecule has 4 nitrogen and oxygen atoms in total. The second-order valence-electron chi connectivity index (χ2n) is 10.7. The van der Waals surface area contributed by atoms with Crippen molar-refractivity contribution in [3.05, 3.63) is 141 Å². The molecule has 0 spiro atoms. The fourth-order valence-electron chi connectivity index (χ4n) is 4.73. The number of ketones is 1. The molecule has 0 radical (unpaired) electrons. The zero-order chi connectivity index (χ0) is 31.9. The van der Waals surface area contributed by atoms with Crippen molar-refractivity contribution in [3.63, 3.8) is 0 Å². The van der Waals surface area contributed by atoms with Crippen molar-refractivity contribution in [2.75, 3.05) is 0 Å². The summed E-state index contributed by atoms with van der Waals surface area (Å²) in [5.74, 6) is 5.85. The third kappa shape index (κ3) is 11.0. The molecule has 0 saturated carbocycles. The van der Waals surface area contributed by atoms with Gasteiger partial charge in [0.2, 0.25) is 6.41 Å². The first-order chi connectivity index (χ1) is 21.2. The zero-order valence-electron chi connectivity index (χ0n) is 25.1. The monoisotopic (exact) mass is 628 g/mol. The fraction of sp³-hybridized carbons (Fsp3) is 0.243. The summed E-state index contributed by atoms with van der Waals surface area (Å²) in [7, 11) is 2.88. The van der Waals surface area contributed by atoms with Gasteiger partial charge in [0.15, 0.2) is 0 Å². The largest absolute Gasteiger partial charge is 0.372 e. The molecule has 0 aliphatic rings. The van der Waals surface area contributed by atoms with Gasteiger partial charge in [0.05, 0.1) is 5.02 Å². The maximum Gasteiger partial charge on any atom is 0.204 e. The van der Waals surface area contributed by atoms with Crippen LogP contribution in [-0.4, -0.2) is 12.2 Å². The first-order valence-corrected chi connectivity index (χ1v) is 15.6. The highest BCUT2D eigenvalue weighted by molar-refractivity contribution is 7.17. The van der Waals surface area contributed by atoms with Crippen LogP contribution in [0.5, 0.6) is 0 Å². The summed E-state index contributed by atoms with van der Waals surface area (Å²) in [6.07, 6.45) is 2.39. The number of Topliss-reactive ketones (excluding diaryl/α,β-unsaturated/α-hetero) is 1. The number of benzene rings is 4. The van der Waals surface area contributed by atoms with Crippen LogP contribution in [0, 0.1) is 23.6 Å². The summed E-state index contributed by atoms with van der Waals surface area (Å²) >= 11 is 6.03. The van der Waals surface area contributed by atoms with Crippen LogP contribution in [0.15, 0.2) is 97.1 Å². The quantitative estimate of drug-likeness (QED) is 0.101. The van der Waals surface area contributed by atoms with Crippen LogP contribution in [-0.2, 0) is 29.0 Å². The van der Waals surface area contributed by atoms with E-state index in [4.69, 9.17) is 16.4 Å². The highest BCUT2D eigenvalue weighted by atomic mass is 35.5. The molecule has 4 rings (SSSR count). The number of hydrogen-bond donors (Lipinski definition) is 2. The standard InChI is InChI=1S/C36H36ClFNOP.CH3NO/c1-25(2)35(40)32(31-19-20-34(38)33(37)23-31)22-29-14-8-13-27(21-29)10-7-6-9-26-15-17-30(18-16-26)36(41)39-24-28-11-4-3-5-12-28;2-1-3/h3-5,8,11-21,23,25,32,36,39H,6,9,22,24,41H2,1-2H3;1H,(H2,2,3).